The highest BCUT2D eigenvalue weighted by atomic mass is 32.2. The summed E-state index contributed by atoms with van der Waals surface area (Å²) in [7, 11) is 0.313. The number of carbonyl (C=O) groups excluding carboxylic acids is 1. The van der Waals surface area contributed by atoms with Gasteiger partial charge in [-0.15, -0.1) is 0 Å². The highest BCUT2D eigenvalue weighted by Crippen LogP contribution is 2.27. The maximum absolute atomic E-state index is 12.7. The molecule has 1 aromatic carbocycles. The molecule has 0 aliphatic carbocycles. The smallest absolute Gasteiger partial charge is 0.305 e. The van der Waals surface area contributed by atoms with Crippen molar-refractivity contribution in [3.63, 3.8) is 0 Å². The maximum Gasteiger partial charge on any atom is 0.305 e. The van der Waals surface area contributed by atoms with Crippen molar-refractivity contribution >= 4 is 21.9 Å². The van der Waals surface area contributed by atoms with E-state index >= 15 is 0 Å². The minimum Gasteiger partial charge on any atom is -0.495 e. The molecule has 1 rings (SSSR count). The summed E-state index contributed by atoms with van der Waals surface area (Å²) in [5.74, 6) is -1.31. The second-order valence-corrected chi connectivity index (χ2v) is 8.01. The molecule has 0 fully saturated rings. The summed E-state index contributed by atoms with van der Waals surface area (Å²) < 4.78 is 31.0. The van der Waals surface area contributed by atoms with Crippen molar-refractivity contribution in [3.05, 3.63) is 23.8 Å². The van der Waals surface area contributed by atoms with Crippen LogP contribution < -0.4 is 4.74 Å². The SMILES string of the molecule is COc1ccc(C(=O)N(CCC(=O)O)C(C)C)cc1S(=O)(=O)N(C)C. The van der Waals surface area contributed by atoms with E-state index in [1.165, 1.54) is 44.3 Å². The molecule has 1 N–H and O–H groups in total. The van der Waals surface area contributed by atoms with Crippen LogP contribution in [0.5, 0.6) is 5.75 Å². The van der Waals surface area contributed by atoms with E-state index in [4.69, 9.17) is 9.84 Å². The van der Waals surface area contributed by atoms with Gasteiger partial charge in [0.25, 0.3) is 5.91 Å². The highest BCUT2D eigenvalue weighted by molar-refractivity contribution is 7.89. The van der Waals surface area contributed by atoms with Crippen molar-refractivity contribution in [2.75, 3.05) is 27.7 Å². The molecule has 140 valence electrons. The number of sulfonamides is 1. The first kappa shape index (κ1) is 20.9. The summed E-state index contributed by atoms with van der Waals surface area (Å²) in [4.78, 5) is 24.8. The van der Waals surface area contributed by atoms with Gasteiger partial charge in [0.1, 0.15) is 10.6 Å². The third-order valence-electron chi connectivity index (χ3n) is 3.62. The van der Waals surface area contributed by atoms with E-state index in [9.17, 15) is 18.0 Å². The summed E-state index contributed by atoms with van der Waals surface area (Å²) in [6.07, 6.45) is -0.192. The molecule has 0 aromatic heterocycles. The fourth-order valence-electron chi connectivity index (χ4n) is 2.18. The van der Waals surface area contributed by atoms with Crippen LogP contribution in [0.4, 0.5) is 0 Å². The monoisotopic (exact) mass is 372 g/mol. The number of nitrogens with zero attached hydrogens (tertiary/aromatic N) is 2. The minimum absolute atomic E-state index is 0.0353. The Morgan fingerprint density at radius 2 is 1.84 bits per heavy atom. The van der Waals surface area contributed by atoms with Gasteiger partial charge in [-0.05, 0) is 32.0 Å². The number of carboxylic acids is 1. The second-order valence-electron chi connectivity index (χ2n) is 5.89. The predicted octanol–water partition coefficient (Wildman–Crippen LogP) is 1.27. The van der Waals surface area contributed by atoms with E-state index in [0.29, 0.717) is 0 Å². The van der Waals surface area contributed by atoms with Gasteiger partial charge in [0.05, 0.1) is 13.5 Å². The number of hydrogen-bond donors (Lipinski definition) is 1. The van der Waals surface area contributed by atoms with Gasteiger partial charge in [-0.25, -0.2) is 12.7 Å². The summed E-state index contributed by atoms with van der Waals surface area (Å²) >= 11 is 0. The lowest BCUT2D eigenvalue weighted by Gasteiger charge is -2.26. The van der Waals surface area contributed by atoms with Crippen LogP contribution in [0.1, 0.15) is 30.6 Å². The third-order valence-corrected chi connectivity index (χ3v) is 5.46. The summed E-state index contributed by atoms with van der Waals surface area (Å²) in [6.45, 7) is 3.56. The Labute approximate surface area is 148 Å². The van der Waals surface area contributed by atoms with Crippen molar-refractivity contribution in [2.45, 2.75) is 31.2 Å². The Morgan fingerprint density at radius 1 is 1.24 bits per heavy atom. The normalized spacial score (nSPS) is 11.6. The number of rotatable bonds is 8. The summed E-state index contributed by atoms with van der Waals surface area (Å²) in [6, 6.07) is 3.90. The van der Waals surface area contributed by atoms with Gasteiger partial charge in [0.15, 0.2) is 0 Å². The van der Waals surface area contributed by atoms with Crippen molar-refractivity contribution in [1.82, 2.24) is 9.21 Å². The molecule has 0 spiro atoms. The zero-order chi connectivity index (χ0) is 19.4. The van der Waals surface area contributed by atoms with Crippen molar-refractivity contribution < 1.29 is 27.9 Å². The van der Waals surface area contributed by atoms with Crippen LogP contribution in [-0.2, 0) is 14.8 Å². The Morgan fingerprint density at radius 3 is 2.28 bits per heavy atom. The van der Waals surface area contributed by atoms with Crippen molar-refractivity contribution in [1.29, 1.82) is 0 Å². The first-order chi connectivity index (χ1) is 11.5. The first-order valence-corrected chi connectivity index (χ1v) is 9.09. The zero-order valence-corrected chi connectivity index (χ0v) is 15.8. The number of methoxy groups -OCH3 is 1. The van der Waals surface area contributed by atoms with E-state index in [2.05, 4.69) is 0 Å². The molecule has 1 aromatic rings. The van der Waals surface area contributed by atoms with Gasteiger partial charge in [-0.1, -0.05) is 0 Å². The van der Waals surface area contributed by atoms with Gasteiger partial charge in [0.2, 0.25) is 10.0 Å². The molecule has 9 heteroatoms. The van der Waals surface area contributed by atoms with Gasteiger partial charge in [-0.2, -0.15) is 0 Å². The molecule has 0 atom stereocenters. The summed E-state index contributed by atoms with van der Waals surface area (Å²) in [5, 5.41) is 8.84. The Hall–Kier alpha value is -2.13. The Kier molecular flexibility index (Phi) is 6.95. The summed E-state index contributed by atoms with van der Waals surface area (Å²) in [5.41, 5.74) is 0.153. The van der Waals surface area contributed by atoms with Crippen LogP contribution in [0.2, 0.25) is 0 Å². The van der Waals surface area contributed by atoms with Crippen molar-refractivity contribution in [3.8, 4) is 5.75 Å². The number of aliphatic carboxylic acids is 1. The number of ether oxygens (including phenoxy) is 1. The quantitative estimate of drug-likeness (QED) is 0.737. The van der Waals surface area contributed by atoms with Crippen LogP contribution in [-0.4, -0.2) is 68.4 Å². The van der Waals surface area contributed by atoms with Crippen molar-refractivity contribution in [2.24, 2.45) is 0 Å². The molecule has 0 heterocycles. The molecular weight excluding hydrogens is 348 g/mol. The molecule has 25 heavy (non-hydrogen) atoms. The average molecular weight is 372 g/mol. The number of amides is 1. The molecule has 8 nitrogen and oxygen atoms in total. The molecule has 0 aliphatic heterocycles. The zero-order valence-electron chi connectivity index (χ0n) is 15.0. The standard InChI is InChI=1S/C16H24N2O6S/c1-11(2)18(9-8-15(19)20)16(21)12-6-7-13(24-5)14(10-12)25(22,23)17(3)4/h6-7,10-11H,8-9H2,1-5H3,(H,19,20). The van der Waals surface area contributed by atoms with Gasteiger partial charge >= 0.3 is 5.97 Å². The van der Waals surface area contributed by atoms with Gasteiger partial charge in [0, 0.05) is 32.2 Å². The van der Waals surface area contributed by atoms with E-state index in [1.54, 1.807) is 13.8 Å². The van der Waals surface area contributed by atoms with Gasteiger partial charge < -0.3 is 14.7 Å². The Balaban J connectivity index is 3.33. The van der Waals surface area contributed by atoms with E-state index in [-0.39, 0.29) is 35.2 Å². The molecule has 0 radical (unpaired) electrons. The molecule has 1 amide bonds. The minimum atomic E-state index is -3.80. The number of carboxylic acid groups (broad SMARTS) is 1. The predicted molar refractivity (Wildman–Crippen MR) is 92.3 cm³/mol. The molecule has 0 saturated carbocycles. The molecular formula is C16H24N2O6S. The Bertz CT molecular complexity index is 743. The van der Waals surface area contributed by atoms with Crippen LogP contribution in [0.15, 0.2) is 23.1 Å². The second kappa shape index (κ2) is 8.30. The number of hydrogen-bond acceptors (Lipinski definition) is 5. The third kappa shape index (κ3) is 4.93. The van der Waals surface area contributed by atoms with Crippen LogP contribution in [0.3, 0.4) is 0 Å². The lowest BCUT2D eigenvalue weighted by atomic mass is 10.1. The van der Waals surface area contributed by atoms with E-state index in [0.717, 1.165) is 4.31 Å². The van der Waals surface area contributed by atoms with Crippen LogP contribution in [0.25, 0.3) is 0 Å². The molecule has 0 unspecified atom stereocenters. The topological polar surface area (TPSA) is 104 Å². The lowest BCUT2D eigenvalue weighted by Crippen LogP contribution is -2.38. The first-order valence-electron chi connectivity index (χ1n) is 7.65. The number of benzene rings is 1. The van der Waals surface area contributed by atoms with Crippen LogP contribution >= 0.6 is 0 Å². The maximum atomic E-state index is 12.7. The highest BCUT2D eigenvalue weighted by Gasteiger charge is 2.26. The fourth-order valence-corrected chi connectivity index (χ4v) is 3.26. The molecule has 0 aliphatic rings. The molecule has 0 bridgehead atoms. The number of carbonyl (C=O) groups is 2. The largest absolute Gasteiger partial charge is 0.495 e. The lowest BCUT2D eigenvalue weighted by molar-refractivity contribution is -0.137. The molecule has 0 saturated heterocycles. The van der Waals surface area contributed by atoms with E-state index in [1.807, 2.05) is 0 Å². The average Bonchev–Trinajstić information content (AvgIpc) is 2.53. The fraction of sp³-hybridized carbons (Fsp3) is 0.500. The van der Waals surface area contributed by atoms with Gasteiger partial charge in [-0.3, -0.25) is 9.59 Å². The van der Waals surface area contributed by atoms with E-state index < -0.39 is 21.9 Å². The van der Waals surface area contributed by atoms with Crippen LogP contribution in [0, 0.1) is 0 Å².